The van der Waals surface area contributed by atoms with E-state index >= 15 is 0 Å². The number of nitrogens with zero attached hydrogens (tertiary/aromatic N) is 2. The first-order valence-electron chi connectivity index (χ1n) is 8.15. The molecule has 120 valence electrons. The molecule has 22 heavy (non-hydrogen) atoms. The Morgan fingerprint density at radius 3 is 2.64 bits per heavy atom. The maximum Gasteiger partial charge on any atom is 0.234 e. The minimum absolute atomic E-state index is 0.181. The van der Waals surface area contributed by atoms with Gasteiger partial charge in [0, 0.05) is 37.9 Å². The van der Waals surface area contributed by atoms with E-state index in [-0.39, 0.29) is 5.91 Å². The normalized spacial score (nSPS) is 19.6. The SMILES string of the molecule is COc1ccc(N2CCCN(CC(=O)NC3CC3)CC2)cc1. The van der Waals surface area contributed by atoms with Gasteiger partial charge in [-0.2, -0.15) is 0 Å². The average Bonchev–Trinajstić information content (AvgIpc) is 3.35. The van der Waals surface area contributed by atoms with E-state index in [0.717, 1.165) is 51.2 Å². The molecular weight excluding hydrogens is 278 g/mol. The summed E-state index contributed by atoms with van der Waals surface area (Å²) in [5.74, 6) is 1.07. The summed E-state index contributed by atoms with van der Waals surface area (Å²) in [7, 11) is 1.69. The van der Waals surface area contributed by atoms with E-state index in [1.165, 1.54) is 5.69 Å². The van der Waals surface area contributed by atoms with Crippen molar-refractivity contribution in [2.24, 2.45) is 0 Å². The summed E-state index contributed by atoms with van der Waals surface area (Å²) in [5, 5.41) is 3.07. The highest BCUT2D eigenvalue weighted by atomic mass is 16.5. The number of methoxy groups -OCH3 is 1. The van der Waals surface area contributed by atoms with Crippen LogP contribution in [0.1, 0.15) is 19.3 Å². The Morgan fingerprint density at radius 1 is 1.18 bits per heavy atom. The number of hydrogen-bond acceptors (Lipinski definition) is 4. The van der Waals surface area contributed by atoms with Gasteiger partial charge in [0.25, 0.3) is 0 Å². The molecule has 1 aliphatic carbocycles. The van der Waals surface area contributed by atoms with Gasteiger partial charge in [0.2, 0.25) is 5.91 Å². The second kappa shape index (κ2) is 7.01. The van der Waals surface area contributed by atoms with Gasteiger partial charge in [-0.05, 0) is 43.5 Å². The van der Waals surface area contributed by atoms with Crippen LogP contribution in [0.25, 0.3) is 0 Å². The molecule has 1 heterocycles. The van der Waals surface area contributed by atoms with Crippen molar-refractivity contribution in [3.63, 3.8) is 0 Å². The quantitative estimate of drug-likeness (QED) is 0.895. The third-order valence-corrected chi connectivity index (χ3v) is 4.34. The number of rotatable bonds is 5. The molecule has 1 aliphatic heterocycles. The van der Waals surface area contributed by atoms with Crippen molar-refractivity contribution in [1.29, 1.82) is 0 Å². The van der Waals surface area contributed by atoms with Gasteiger partial charge in [-0.25, -0.2) is 0 Å². The summed E-state index contributed by atoms with van der Waals surface area (Å²) in [6.07, 6.45) is 3.39. The van der Waals surface area contributed by atoms with Crippen LogP contribution in [0.3, 0.4) is 0 Å². The third-order valence-electron chi connectivity index (χ3n) is 4.34. The minimum Gasteiger partial charge on any atom is -0.497 e. The number of benzene rings is 1. The van der Waals surface area contributed by atoms with Crippen molar-refractivity contribution in [2.45, 2.75) is 25.3 Å². The summed E-state index contributed by atoms with van der Waals surface area (Å²) in [5.41, 5.74) is 1.23. The highest BCUT2D eigenvalue weighted by Gasteiger charge is 2.24. The van der Waals surface area contributed by atoms with Crippen molar-refractivity contribution in [3.8, 4) is 5.75 Å². The number of ether oxygens (including phenoxy) is 1. The van der Waals surface area contributed by atoms with Crippen LogP contribution in [0.2, 0.25) is 0 Å². The second-order valence-corrected chi connectivity index (χ2v) is 6.16. The van der Waals surface area contributed by atoms with Gasteiger partial charge < -0.3 is 15.0 Å². The van der Waals surface area contributed by atoms with E-state index in [0.29, 0.717) is 12.6 Å². The molecule has 2 aliphatic rings. The minimum atomic E-state index is 0.181. The van der Waals surface area contributed by atoms with E-state index in [1.54, 1.807) is 7.11 Å². The van der Waals surface area contributed by atoms with Crippen LogP contribution >= 0.6 is 0 Å². The molecule has 1 aromatic rings. The molecule has 5 heteroatoms. The maximum absolute atomic E-state index is 11.9. The van der Waals surface area contributed by atoms with Gasteiger partial charge in [0.1, 0.15) is 5.75 Å². The lowest BCUT2D eigenvalue weighted by Crippen LogP contribution is -2.40. The molecule has 5 nitrogen and oxygen atoms in total. The molecule has 1 saturated carbocycles. The fourth-order valence-electron chi connectivity index (χ4n) is 2.88. The molecule has 1 N–H and O–H groups in total. The molecule has 0 radical (unpaired) electrons. The van der Waals surface area contributed by atoms with Crippen molar-refractivity contribution < 1.29 is 9.53 Å². The number of carbonyl (C=O) groups excluding carboxylic acids is 1. The Morgan fingerprint density at radius 2 is 1.95 bits per heavy atom. The fourth-order valence-corrected chi connectivity index (χ4v) is 2.88. The molecule has 0 aromatic heterocycles. The van der Waals surface area contributed by atoms with Crippen LogP contribution in [-0.2, 0) is 4.79 Å². The van der Waals surface area contributed by atoms with Gasteiger partial charge in [-0.15, -0.1) is 0 Å². The Hall–Kier alpha value is -1.75. The molecule has 0 spiro atoms. The Kier molecular flexibility index (Phi) is 4.83. The summed E-state index contributed by atoms with van der Waals surface area (Å²) in [6, 6.07) is 8.67. The van der Waals surface area contributed by atoms with Crippen LogP contribution in [-0.4, -0.2) is 56.7 Å². The zero-order valence-electron chi connectivity index (χ0n) is 13.3. The summed E-state index contributed by atoms with van der Waals surface area (Å²) >= 11 is 0. The first kappa shape index (κ1) is 15.2. The smallest absolute Gasteiger partial charge is 0.234 e. The van der Waals surface area contributed by atoms with Crippen molar-refractivity contribution in [2.75, 3.05) is 44.7 Å². The van der Waals surface area contributed by atoms with E-state index in [4.69, 9.17) is 4.74 Å². The van der Waals surface area contributed by atoms with Crippen molar-refractivity contribution in [3.05, 3.63) is 24.3 Å². The predicted molar refractivity (Wildman–Crippen MR) is 87.4 cm³/mol. The first-order chi connectivity index (χ1) is 10.7. The topological polar surface area (TPSA) is 44.8 Å². The van der Waals surface area contributed by atoms with E-state index in [2.05, 4.69) is 27.2 Å². The molecule has 2 fully saturated rings. The van der Waals surface area contributed by atoms with E-state index in [9.17, 15) is 4.79 Å². The van der Waals surface area contributed by atoms with Gasteiger partial charge in [-0.1, -0.05) is 0 Å². The van der Waals surface area contributed by atoms with Crippen LogP contribution < -0.4 is 15.0 Å². The number of anilines is 1. The Bertz CT molecular complexity index is 499. The van der Waals surface area contributed by atoms with Crippen molar-refractivity contribution in [1.82, 2.24) is 10.2 Å². The molecule has 0 atom stereocenters. The lowest BCUT2D eigenvalue weighted by molar-refractivity contribution is -0.122. The molecule has 0 bridgehead atoms. The monoisotopic (exact) mass is 303 g/mol. The van der Waals surface area contributed by atoms with Gasteiger partial charge in [0.15, 0.2) is 0 Å². The molecule has 3 rings (SSSR count). The van der Waals surface area contributed by atoms with Gasteiger partial charge in [-0.3, -0.25) is 9.69 Å². The number of amides is 1. The summed E-state index contributed by atoms with van der Waals surface area (Å²) < 4.78 is 5.21. The van der Waals surface area contributed by atoms with Crippen LogP contribution in [0.5, 0.6) is 5.75 Å². The lowest BCUT2D eigenvalue weighted by atomic mass is 10.2. The summed E-state index contributed by atoms with van der Waals surface area (Å²) in [6.45, 7) is 4.46. The average molecular weight is 303 g/mol. The maximum atomic E-state index is 11.9. The number of hydrogen-bond donors (Lipinski definition) is 1. The van der Waals surface area contributed by atoms with Gasteiger partial charge >= 0.3 is 0 Å². The Balaban J connectivity index is 1.51. The zero-order valence-corrected chi connectivity index (χ0v) is 13.3. The zero-order chi connectivity index (χ0) is 15.4. The van der Waals surface area contributed by atoms with Crippen LogP contribution in [0.15, 0.2) is 24.3 Å². The third kappa shape index (κ3) is 4.13. The molecule has 1 aromatic carbocycles. The summed E-state index contributed by atoms with van der Waals surface area (Å²) in [4.78, 5) is 16.6. The first-order valence-corrected chi connectivity index (χ1v) is 8.15. The standard InChI is InChI=1S/C17H25N3O2/c1-22-16-7-5-15(6-8-16)20-10-2-9-19(11-12-20)13-17(21)18-14-3-4-14/h5-8,14H,2-4,9-13H2,1H3,(H,18,21). The molecule has 1 amide bonds. The second-order valence-electron chi connectivity index (χ2n) is 6.16. The van der Waals surface area contributed by atoms with Crippen molar-refractivity contribution >= 4 is 11.6 Å². The molecule has 0 unspecified atom stereocenters. The lowest BCUT2D eigenvalue weighted by Gasteiger charge is -2.23. The van der Waals surface area contributed by atoms with Gasteiger partial charge in [0.05, 0.1) is 13.7 Å². The highest BCUT2D eigenvalue weighted by Crippen LogP contribution is 2.21. The van der Waals surface area contributed by atoms with Crippen LogP contribution in [0, 0.1) is 0 Å². The molecule has 1 saturated heterocycles. The largest absolute Gasteiger partial charge is 0.497 e. The number of carbonyl (C=O) groups is 1. The predicted octanol–water partition coefficient (Wildman–Crippen LogP) is 1.49. The highest BCUT2D eigenvalue weighted by molar-refractivity contribution is 5.78. The fraction of sp³-hybridized carbons (Fsp3) is 0.588. The molecular formula is C17H25N3O2. The Labute approximate surface area is 132 Å². The van der Waals surface area contributed by atoms with E-state index < -0.39 is 0 Å². The van der Waals surface area contributed by atoms with Crippen LogP contribution in [0.4, 0.5) is 5.69 Å². The van der Waals surface area contributed by atoms with E-state index in [1.807, 2.05) is 12.1 Å². The number of nitrogens with one attached hydrogen (secondary N) is 1.